The summed E-state index contributed by atoms with van der Waals surface area (Å²) in [5.41, 5.74) is 1.26. The zero-order valence-electron chi connectivity index (χ0n) is 12.9. The van der Waals surface area contributed by atoms with E-state index in [1.165, 1.54) is 22.9 Å². The van der Waals surface area contributed by atoms with Crippen molar-refractivity contribution in [2.45, 2.75) is 37.1 Å². The Labute approximate surface area is 135 Å². The molecule has 1 aromatic rings. The molecule has 1 saturated carbocycles. The Kier molecular flexibility index (Phi) is 3.91. The number of hydrogen-bond donors (Lipinski definition) is 0. The van der Waals surface area contributed by atoms with E-state index in [0.717, 1.165) is 24.3 Å². The molecule has 0 amide bonds. The smallest absolute Gasteiger partial charge is 0.164 e. The topological polar surface area (TPSA) is 21.7 Å². The minimum atomic E-state index is 0.0231. The standard InChI is InChI=1S/C17H22BrNO2/c1-19-11-15(18)17(9-5-6-12(19)10-17)13-7-4-8-14(20-2)16(13)21-3/h4,7-8,11-12H,5-6,9-10H2,1-3H3. The Hall–Kier alpha value is -1.16. The number of para-hydroxylation sites is 1. The zero-order chi connectivity index (χ0) is 15.0. The molecule has 114 valence electrons. The number of rotatable bonds is 3. The summed E-state index contributed by atoms with van der Waals surface area (Å²) < 4.78 is 12.4. The second-order valence-corrected chi connectivity index (χ2v) is 6.87. The van der Waals surface area contributed by atoms with Gasteiger partial charge in [-0.15, -0.1) is 0 Å². The lowest BCUT2D eigenvalue weighted by molar-refractivity contribution is 0.173. The fourth-order valence-corrected chi connectivity index (χ4v) is 4.75. The Balaban J connectivity index is 2.16. The summed E-state index contributed by atoms with van der Waals surface area (Å²) in [7, 11) is 5.59. The second-order valence-electron chi connectivity index (χ2n) is 6.02. The van der Waals surface area contributed by atoms with E-state index in [1.54, 1.807) is 14.2 Å². The van der Waals surface area contributed by atoms with E-state index >= 15 is 0 Å². The summed E-state index contributed by atoms with van der Waals surface area (Å²) in [5.74, 6) is 1.68. The fourth-order valence-electron chi connectivity index (χ4n) is 3.86. The highest BCUT2D eigenvalue weighted by Gasteiger charge is 2.46. The summed E-state index contributed by atoms with van der Waals surface area (Å²) in [6.07, 6.45) is 7.02. The SMILES string of the molecule is COc1cccc(C23CCCC(C2)N(C)C=C3Br)c1OC. The van der Waals surface area contributed by atoms with Crippen LogP contribution in [-0.2, 0) is 5.41 Å². The first-order valence-electron chi connectivity index (χ1n) is 7.43. The van der Waals surface area contributed by atoms with Gasteiger partial charge in [0.25, 0.3) is 0 Å². The Morgan fingerprint density at radius 3 is 2.81 bits per heavy atom. The van der Waals surface area contributed by atoms with Crippen LogP contribution in [0.2, 0.25) is 0 Å². The molecule has 4 heteroatoms. The van der Waals surface area contributed by atoms with Crippen molar-refractivity contribution in [2.75, 3.05) is 21.3 Å². The molecule has 2 bridgehead atoms. The number of halogens is 1. The van der Waals surface area contributed by atoms with Gasteiger partial charge >= 0.3 is 0 Å². The van der Waals surface area contributed by atoms with E-state index in [0.29, 0.717) is 6.04 Å². The zero-order valence-corrected chi connectivity index (χ0v) is 14.4. The Morgan fingerprint density at radius 1 is 1.29 bits per heavy atom. The van der Waals surface area contributed by atoms with Crippen molar-refractivity contribution in [2.24, 2.45) is 0 Å². The fraction of sp³-hybridized carbons (Fsp3) is 0.529. The van der Waals surface area contributed by atoms with Crippen LogP contribution in [0.25, 0.3) is 0 Å². The van der Waals surface area contributed by atoms with Gasteiger partial charge in [0.05, 0.1) is 14.2 Å². The Morgan fingerprint density at radius 2 is 2.10 bits per heavy atom. The van der Waals surface area contributed by atoms with E-state index < -0.39 is 0 Å². The lowest BCUT2D eigenvalue weighted by Crippen LogP contribution is -2.45. The van der Waals surface area contributed by atoms with Gasteiger partial charge in [-0.1, -0.05) is 34.5 Å². The number of allylic oxidation sites excluding steroid dienone is 1. The molecular weight excluding hydrogens is 330 g/mol. The van der Waals surface area contributed by atoms with Crippen molar-refractivity contribution in [1.82, 2.24) is 4.90 Å². The van der Waals surface area contributed by atoms with E-state index in [9.17, 15) is 0 Å². The minimum Gasteiger partial charge on any atom is -0.493 e. The maximum Gasteiger partial charge on any atom is 0.164 e. The van der Waals surface area contributed by atoms with Crippen molar-refractivity contribution in [3.63, 3.8) is 0 Å². The van der Waals surface area contributed by atoms with E-state index in [4.69, 9.17) is 9.47 Å². The molecule has 21 heavy (non-hydrogen) atoms. The summed E-state index contributed by atoms with van der Waals surface area (Å²) in [6.45, 7) is 0. The number of fused-ring (bicyclic) bond motifs is 2. The van der Waals surface area contributed by atoms with Crippen LogP contribution in [0.3, 0.4) is 0 Å². The van der Waals surface area contributed by atoms with Gasteiger partial charge in [0.2, 0.25) is 0 Å². The molecule has 0 spiro atoms. The summed E-state index contributed by atoms with van der Waals surface area (Å²) in [5, 5.41) is 0. The van der Waals surface area contributed by atoms with Crippen LogP contribution in [0.5, 0.6) is 11.5 Å². The van der Waals surface area contributed by atoms with Crippen LogP contribution < -0.4 is 9.47 Å². The van der Waals surface area contributed by atoms with Crippen molar-refractivity contribution in [3.8, 4) is 11.5 Å². The third-order valence-corrected chi connectivity index (χ3v) is 5.96. The maximum atomic E-state index is 5.70. The van der Waals surface area contributed by atoms with Crippen molar-refractivity contribution >= 4 is 15.9 Å². The molecule has 1 aromatic carbocycles. The normalized spacial score (nSPS) is 28.1. The van der Waals surface area contributed by atoms with Crippen LogP contribution in [0.1, 0.15) is 31.2 Å². The predicted molar refractivity (Wildman–Crippen MR) is 88.3 cm³/mol. The Bertz CT molecular complexity index is 572. The molecule has 0 aromatic heterocycles. The van der Waals surface area contributed by atoms with Crippen LogP contribution in [0, 0.1) is 0 Å². The molecule has 1 aliphatic carbocycles. The highest BCUT2D eigenvalue weighted by atomic mass is 79.9. The molecule has 2 atom stereocenters. The molecule has 1 aliphatic heterocycles. The molecule has 1 heterocycles. The van der Waals surface area contributed by atoms with E-state index in [-0.39, 0.29) is 5.41 Å². The predicted octanol–water partition coefficient (Wildman–Crippen LogP) is 4.07. The van der Waals surface area contributed by atoms with Gasteiger partial charge in [0.1, 0.15) is 0 Å². The highest BCUT2D eigenvalue weighted by molar-refractivity contribution is 9.11. The summed E-state index contributed by atoms with van der Waals surface area (Å²) >= 11 is 3.84. The first kappa shape index (κ1) is 14.8. The molecule has 2 aliphatic rings. The van der Waals surface area contributed by atoms with Gasteiger partial charge < -0.3 is 14.4 Å². The molecule has 1 fully saturated rings. The first-order chi connectivity index (χ1) is 10.1. The first-order valence-corrected chi connectivity index (χ1v) is 8.23. The van der Waals surface area contributed by atoms with Crippen LogP contribution in [-0.4, -0.2) is 32.2 Å². The van der Waals surface area contributed by atoms with Crippen molar-refractivity contribution in [3.05, 3.63) is 34.4 Å². The van der Waals surface area contributed by atoms with Crippen LogP contribution in [0.4, 0.5) is 0 Å². The summed E-state index contributed by atoms with van der Waals surface area (Å²) in [6, 6.07) is 6.82. The molecule has 3 rings (SSSR count). The number of methoxy groups -OCH3 is 2. The van der Waals surface area contributed by atoms with Crippen molar-refractivity contribution in [1.29, 1.82) is 0 Å². The monoisotopic (exact) mass is 351 g/mol. The highest BCUT2D eigenvalue weighted by Crippen LogP contribution is 2.54. The van der Waals surface area contributed by atoms with Crippen LogP contribution in [0.15, 0.2) is 28.9 Å². The molecule has 3 nitrogen and oxygen atoms in total. The lowest BCUT2D eigenvalue weighted by atomic mass is 9.65. The quantitative estimate of drug-likeness (QED) is 0.819. The van der Waals surface area contributed by atoms with Gasteiger partial charge in [-0.2, -0.15) is 0 Å². The van der Waals surface area contributed by atoms with Gasteiger partial charge in [0, 0.05) is 34.8 Å². The van der Waals surface area contributed by atoms with Crippen LogP contribution >= 0.6 is 15.9 Å². The van der Waals surface area contributed by atoms with Gasteiger partial charge in [-0.25, -0.2) is 0 Å². The lowest BCUT2D eigenvalue weighted by Gasteiger charge is -2.48. The van der Waals surface area contributed by atoms with Gasteiger partial charge in [-0.3, -0.25) is 0 Å². The molecular formula is C17H22BrNO2. The third-order valence-electron chi connectivity index (χ3n) is 4.99. The number of ether oxygens (including phenoxy) is 2. The van der Waals surface area contributed by atoms with E-state index in [2.05, 4.69) is 46.2 Å². The van der Waals surface area contributed by atoms with E-state index in [1.807, 2.05) is 6.07 Å². The van der Waals surface area contributed by atoms with Crippen molar-refractivity contribution < 1.29 is 9.47 Å². The third kappa shape index (κ3) is 2.24. The minimum absolute atomic E-state index is 0.0231. The number of benzene rings is 1. The molecule has 0 radical (unpaired) electrons. The molecule has 0 saturated heterocycles. The molecule has 0 N–H and O–H groups in total. The number of hydrogen-bond acceptors (Lipinski definition) is 3. The number of nitrogens with zero attached hydrogens (tertiary/aromatic N) is 1. The largest absolute Gasteiger partial charge is 0.493 e. The molecule has 2 unspecified atom stereocenters. The van der Waals surface area contributed by atoms with Gasteiger partial charge in [0.15, 0.2) is 11.5 Å². The summed E-state index contributed by atoms with van der Waals surface area (Å²) in [4.78, 5) is 2.34. The maximum absolute atomic E-state index is 5.70. The average molecular weight is 352 g/mol. The average Bonchev–Trinajstić information content (AvgIpc) is 2.52. The second kappa shape index (κ2) is 5.56. The van der Waals surface area contributed by atoms with Gasteiger partial charge in [-0.05, 0) is 25.3 Å².